The molecule has 108 valence electrons. The van der Waals surface area contributed by atoms with E-state index in [1.54, 1.807) is 0 Å². The summed E-state index contributed by atoms with van der Waals surface area (Å²) in [5.74, 6) is 0. The van der Waals surface area contributed by atoms with Crippen molar-refractivity contribution >= 4 is 21.6 Å². The number of benzene rings is 1. The Labute approximate surface area is 119 Å². The van der Waals surface area contributed by atoms with Gasteiger partial charge < -0.3 is 10.0 Å². The lowest BCUT2D eigenvalue weighted by atomic mass is 10.2. The predicted octanol–water partition coefficient (Wildman–Crippen LogP) is 1.01. The molecule has 7 heteroatoms. The molecule has 0 aliphatic heterocycles. The molecule has 0 unspecified atom stereocenters. The van der Waals surface area contributed by atoms with E-state index >= 15 is 0 Å². The number of hydrogen-bond acceptors (Lipinski definition) is 4. The SMILES string of the molecule is CN(C)CCN(C)S(=O)(=O)c1ccc(CO)c(Cl)c1. The van der Waals surface area contributed by atoms with Crippen LogP contribution in [0.3, 0.4) is 0 Å². The lowest BCUT2D eigenvalue weighted by Gasteiger charge is -2.19. The summed E-state index contributed by atoms with van der Waals surface area (Å²) >= 11 is 5.92. The largest absolute Gasteiger partial charge is 0.392 e. The maximum Gasteiger partial charge on any atom is 0.242 e. The number of nitrogens with zero attached hydrogens (tertiary/aromatic N) is 2. The van der Waals surface area contributed by atoms with Gasteiger partial charge in [0.05, 0.1) is 11.5 Å². The highest BCUT2D eigenvalue weighted by atomic mass is 35.5. The Bertz CT molecular complexity index is 532. The van der Waals surface area contributed by atoms with Gasteiger partial charge in [0.2, 0.25) is 10.0 Å². The fourth-order valence-electron chi connectivity index (χ4n) is 1.46. The summed E-state index contributed by atoms with van der Waals surface area (Å²) in [5, 5.41) is 9.27. The molecule has 0 radical (unpaired) electrons. The van der Waals surface area contributed by atoms with Crippen molar-refractivity contribution in [3.63, 3.8) is 0 Å². The fourth-order valence-corrected chi connectivity index (χ4v) is 2.95. The van der Waals surface area contributed by atoms with Gasteiger partial charge in [-0.05, 0) is 31.8 Å². The first kappa shape index (κ1) is 16.4. The van der Waals surface area contributed by atoms with E-state index in [1.165, 1.54) is 29.6 Å². The van der Waals surface area contributed by atoms with Crippen molar-refractivity contribution in [2.75, 3.05) is 34.2 Å². The van der Waals surface area contributed by atoms with Gasteiger partial charge in [0.15, 0.2) is 0 Å². The van der Waals surface area contributed by atoms with Crippen LogP contribution in [0.1, 0.15) is 5.56 Å². The Morgan fingerprint density at radius 1 is 1.21 bits per heavy atom. The van der Waals surface area contributed by atoms with E-state index < -0.39 is 10.0 Å². The van der Waals surface area contributed by atoms with Crippen LogP contribution in [-0.2, 0) is 16.6 Å². The molecule has 1 aromatic rings. The molecular formula is C12H19ClN2O3S. The number of aliphatic hydroxyl groups excluding tert-OH is 1. The van der Waals surface area contributed by atoms with E-state index in [0.29, 0.717) is 18.7 Å². The number of aliphatic hydroxyl groups is 1. The Balaban J connectivity index is 2.96. The van der Waals surface area contributed by atoms with Crippen LogP contribution in [-0.4, -0.2) is 57.0 Å². The Hall–Kier alpha value is -0.660. The molecule has 0 bridgehead atoms. The standard InChI is InChI=1S/C12H19ClN2O3S/c1-14(2)6-7-15(3)19(17,18)11-5-4-10(9-16)12(13)8-11/h4-5,8,16H,6-7,9H2,1-3H3. The molecule has 0 spiro atoms. The topological polar surface area (TPSA) is 60.9 Å². The Morgan fingerprint density at radius 3 is 2.32 bits per heavy atom. The molecule has 0 atom stereocenters. The van der Waals surface area contributed by atoms with E-state index in [2.05, 4.69) is 0 Å². The molecule has 0 saturated heterocycles. The first-order chi connectivity index (χ1) is 8.78. The highest BCUT2D eigenvalue weighted by molar-refractivity contribution is 7.89. The third-order valence-electron chi connectivity index (χ3n) is 2.77. The van der Waals surface area contributed by atoms with Crippen LogP contribution in [0.25, 0.3) is 0 Å². The molecule has 0 aliphatic carbocycles. The minimum absolute atomic E-state index is 0.135. The minimum Gasteiger partial charge on any atom is -0.392 e. The molecule has 0 fully saturated rings. The van der Waals surface area contributed by atoms with Gasteiger partial charge in [-0.2, -0.15) is 4.31 Å². The number of hydrogen-bond donors (Lipinski definition) is 1. The van der Waals surface area contributed by atoms with Gasteiger partial charge in [-0.15, -0.1) is 0 Å². The first-order valence-electron chi connectivity index (χ1n) is 5.79. The van der Waals surface area contributed by atoms with Crippen LogP contribution < -0.4 is 0 Å². The van der Waals surface area contributed by atoms with Crippen molar-refractivity contribution in [2.45, 2.75) is 11.5 Å². The fraction of sp³-hybridized carbons (Fsp3) is 0.500. The van der Waals surface area contributed by atoms with Gasteiger partial charge in [0, 0.05) is 25.2 Å². The normalized spacial score (nSPS) is 12.4. The number of likely N-dealkylation sites (N-methyl/N-ethyl adjacent to an activating group) is 2. The molecule has 0 saturated carbocycles. The highest BCUT2D eigenvalue weighted by Crippen LogP contribution is 2.22. The van der Waals surface area contributed by atoms with Crippen LogP contribution in [0.4, 0.5) is 0 Å². The van der Waals surface area contributed by atoms with Gasteiger partial charge >= 0.3 is 0 Å². The van der Waals surface area contributed by atoms with Crippen molar-refractivity contribution in [1.82, 2.24) is 9.21 Å². The van der Waals surface area contributed by atoms with E-state index in [9.17, 15) is 8.42 Å². The van der Waals surface area contributed by atoms with Crippen molar-refractivity contribution in [3.05, 3.63) is 28.8 Å². The van der Waals surface area contributed by atoms with Crippen molar-refractivity contribution in [3.8, 4) is 0 Å². The zero-order chi connectivity index (χ0) is 14.6. The first-order valence-corrected chi connectivity index (χ1v) is 7.61. The number of halogens is 1. The summed E-state index contributed by atoms with van der Waals surface area (Å²) in [5.41, 5.74) is 0.511. The summed E-state index contributed by atoms with van der Waals surface area (Å²) in [6.07, 6.45) is 0. The van der Waals surface area contributed by atoms with Gasteiger partial charge in [-0.1, -0.05) is 17.7 Å². The molecule has 5 nitrogen and oxygen atoms in total. The van der Waals surface area contributed by atoms with Crippen LogP contribution in [0, 0.1) is 0 Å². The van der Waals surface area contributed by atoms with E-state index in [4.69, 9.17) is 16.7 Å². The molecule has 19 heavy (non-hydrogen) atoms. The maximum absolute atomic E-state index is 12.3. The van der Waals surface area contributed by atoms with E-state index in [-0.39, 0.29) is 16.5 Å². The zero-order valence-corrected chi connectivity index (χ0v) is 12.9. The maximum atomic E-state index is 12.3. The predicted molar refractivity (Wildman–Crippen MR) is 75.7 cm³/mol. The Kier molecular flexibility index (Phi) is 5.76. The van der Waals surface area contributed by atoms with Crippen LogP contribution in [0.15, 0.2) is 23.1 Å². The Morgan fingerprint density at radius 2 is 1.84 bits per heavy atom. The minimum atomic E-state index is -3.54. The molecule has 0 aromatic heterocycles. The molecule has 0 aliphatic rings. The summed E-state index contributed by atoms with van der Waals surface area (Å²) in [6, 6.07) is 4.35. The third kappa shape index (κ3) is 4.15. The summed E-state index contributed by atoms with van der Waals surface area (Å²) in [7, 11) is 1.76. The highest BCUT2D eigenvalue weighted by Gasteiger charge is 2.21. The van der Waals surface area contributed by atoms with Gasteiger partial charge in [0.1, 0.15) is 0 Å². The van der Waals surface area contributed by atoms with Gasteiger partial charge in [-0.3, -0.25) is 0 Å². The lowest BCUT2D eigenvalue weighted by molar-refractivity contribution is 0.282. The van der Waals surface area contributed by atoms with Crippen molar-refractivity contribution in [2.24, 2.45) is 0 Å². The summed E-state index contributed by atoms with van der Waals surface area (Å²) in [6.45, 7) is 0.822. The van der Waals surface area contributed by atoms with E-state index in [1.807, 2.05) is 19.0 Å². The molecule has 0 amide bonds. The average molecular weight is 307 g/mol. The lowest BCUT2D eigenvalue weighted by Crippen LogP contribution is -2.33. The van der Waals surface area contributed by atoms with Crippen molar-refractivity contribution < 1.29 is 13.5 Å². The van der Waals surface area contributed by atoms with Crippen LogP contribution in [0.2, 0.25) is 5.02 Å². The monoisotopic (exact) mass is 306 g/mol. The second-order valence-corrected chi connectivity index (χ2v) is 6.99. The van der Waals surface area contributed by atoms with Crippen LogP contribution in [0.5, 0.6) is 0 Å². The second kappa shape index (κ2) is 6.67. The third-order valence-corrected chi connectivity index (χ3v) is 4.97. The summed E-state index contributed by atoms with van der Waals surface area (Å²) < 4.78 is 25.9. The van der Waals surface area contributed by atoms with Crippen molar-refractivity contribution in [1.29, 1.82) is 0 Å². The number of sulfonamides is 1. The second-order valence-electron chi connectivity index (χ2n) is 4.54. The van der Waals surface area contributed by atoms with Gasteiger partial charge in [-0.25, -0.2) is 8.42 Å². The summed E-state index contributed by atoms with van der Waals surface area (Å²) in [4.78, 5) is 2.05. The average Bonchev–Trinajstić information content (AvgIpc) is 2.35. The van der Waals surface area contributed by atoms with Crippen LogP contribution >= 0.6 is 11.6 Å². The number of rotatable bonds is 6. The molecule has 1 aromatic carbocycles. The van der Waals surface area contributed by atoms with E-state index in [0.717, 1.165) is 0 Å². The molecule has 1 N–H and O–H groups in total. The molecule has 1 rings (SSSR count). The quantitative estimate of drug-likeness (QED) is 0.852. The molecular weight excluding hydrogens is 288 g/mol. The van der Waals surface area contributed by atoms with Gasteiger partial charge in [0.25, 0.3) is 0 Å². The zero-order valence-electron chi connectivity index (χ0n) is 11.3. The smallest absolute Gasteiger partial charge is 0.242 e. The molecule has 0 heterocycles.